The smallest absolute Gasteiger partial charge is 0.0369 e. The molecule has 0 spiro atoms. The van der Waals surface area contributed by atoms with Crippen molar-refractivity contribution in [1.82, 2.24) is 5.32 Å². The molecule has 1 unspecified atom stereocenters. The summed E-state index contributed by atoms with van der Waals surface area (Å²) in [5.74, 6) is 0. The maximum atomic E-state index is 3.64. The van der Waals surface area contributed by atoms with Crippen molar-refractivity contribution in [2.45, 2.75) is 25.8 Å². The Balaban J connectivity index is 2.07. The summed E-state index contributed by atoms with van der Waals surface area (Å²) in [5, 5.41) is 8.05. The Morgan fingerprint density at radius 2 is 2.00 bits per heavy atom. The van der Waals surface area contributed by atoms with Gasteiger partial charge in [0, 0.05) is 9.61 Å². The van der Waals surface area contributed by atoms with Gasteiger partial charge in [0.15, 0.2) is 0 Å². The lowest BCUT2D eigenvalue weighted by molar-refractivity contribution is 0.530. The van der Waals surface area contributed by atoms with E-state index in [4.69, 9.17) is 0 Å². The number of benzene rings is 1. The second-order valence-electron chi connectivity index (χ2n) is 4.39. The standard InChI is InChI=1S/C15H18INS/c1-2-8-17-15(13-7-9-18-11-13)10-12-3-5-14(16)6-4-12/h3-7,9,11,15,17H,2,8,10H2,1H3. The van der Waals surface area contributed by atoms with Crippen molar-refractivity contribution in [3.63, 3.8) is 0 Å². The van der Waals surface area contributed by atoms with Gasteiger partial charge in [-0.15, -0.1) is 0 Å². The lowest BCUT2D eigenvalue weighted by atomic mass is 10.0. The fourth-order valence-corrected chi connectivity index (χ4v) is 3.03. The van der Waals surface area contributed by atoms with E-state index in [2.05, 4.69) is 75.9 Å². The van der Waals surface area contributed by atoms with Crippen molar-refractivity contribution in [3.05, 3.63) is 55.8 Å². The summed E-state index contributed by atoms with van der Waals surface area (Å²) in [7, 11) is 0. The Bertz CT molecular complexity index is 450. The van der Waals surface area contributed by atoms with Crippen LogP contribution in [0.3, 0.4) is 0 Å². The van der Waals surface area contributed by atoms with E-state index in [0.29, 0.717) is 6.04 Å². The molecule has 0 aliphatic carbocycles. The molecule has 0 saturated heterocycles. The van der Waals surface area contributed by atoms with E-state index in [1.54, 1.807) is 11.3 Å². The number of hydrogen-bond donors (Lipinski definition) is 1. The maximum Gasteiger partial charge on any atom is 0.0369 e. The van der Waals surface area contributed by atoms with Crippen LogP contribution in [0.4, 0.5) is 0 Å². The second kappa shape index (κ2) is 7.26. The van der Waals surface area contributed by atoms with Gasteiger partial charge in [0.2, 0.25) is 0 Å². The third-order valence-electron chi connectivity index (χ3n) is 2.94. The molecule has 0 amide bonds. The zero-order valence-electron chi connectivity index (χ0n) is 10.5. The van der Waals surface area contributed by atoms with Gasteiger partial charge in [-0.3, -0.25) is 0 Å². The van der Waals surface area contributed by atoms with Gasteiger partial charge < -0.3 is 5.32 Å². The van der Waals surface area contributed by atoms with Crippen LogP contribution in [0.1, 0.15) is 30.5 Å². The largest absolute Gasteiger partial charge is 0.310 e. The van der Waals surface area contributed by atoms with Crippen LogP contribution in [0.15, 0.2) is 41.1 Å². The molecule has 18 heavy (non-hydrogen) atoms. The summed E-state index contributed by atoms with van der Waals surface area (Å²) >= 11 is 4.12. The predicted octanol–water partition coefficient (Wildman–Crippen LogP) is 4.64. The molecule has 1 aromatic carbocycles. The fourth-order valence-electron chi connectivity index (χ4n) is 1.96. The van der Waals surface area contributed by atoms with Crippen molar-refractivity contribution in [1.29, 1.82) is 0 Å². The molecule has 2 rings (SSSR count). The van der Waals surface area contributed by atoms with Gasteiger partial charge in [0.25, 0.3) is 0 Å². The first-order chi connectivity index (χ1) is 8.79. The topological polar surface area (TPSA) is 12.0 Å². The van der Waals surface area contributed by atoms with Crippen molar-refractivity contribution in [2.75, 3.05) is 6.54 Å². The first-order valence-electron chi connectivity index (χ1n) is 6.29. The van der Waals surface area contributed by atoms with Gasteiger partial charge in [-0.2, -0.15) is 11.3 Å². The van der Waals surface area contributed by atoms with E-state index in [-0.39, 0.29) is 0 Å². The molecule has 1 heterocycles. The molecule has 2 aromatic rings. The van der Waals surface area contributed by atoms with E-state index in [9.17, 15) is 0 Å². The molecular formula is C15H18INS. The highest BCUT2D eigenvalue weighted by Gasteiger charge is 2.11. The minimum atomic E-state index is 0.441. The van der Waals surface area contributed by atoms with Gasteiger partial charge in [0.1, 0.15) is 0 Å². The summed E-state index contributed by atoms with van der Waals surface area (Å²) < 4.78 is 1.30. The minimum absolute atomic E-state index is 0.441. The van der Waals surface area contributed by atoms with Crippen LogP contribution < -0.4 is 5.32 Å². The van der Waals surface area contributed by atoms with Gasteiger partial charge in [-0.25, -0.2) is 0 Å². The monoisotopic (exact) mass is 371 g/mol. The molecule has 3 heteroatoms. The normalized spacial score (nSPS) is 12.6. The van der Waals surface area contributed by atoms with Gasteiger partial charge in [-0.05, 0) is 82.1 Å². The number of thiophene rings is 1. The average Bonchev–Trinajstić information content (AvgIpc) is 2.90. The summed E-state index contributed by atoms with van der Waals surface area (Å²) in [5.41, 5.74) is 2.81. The molecule has 1 N–H and O–H groups in total. The van der Waals surface area contributed by atoms with Crippen LogP contribution >= 0.6 is 33.9 Å². The SMILES string of the molecule is CCCNC(Cc1ccc(I)cc1)c1ccsc1. The van der Waals surface area contributed by atoms with Crippen LogP contribution in [-0.2, 0) is 6.42 Å². The van der Waals surface area contributed by atoms with Crippen LogP contribution in [-0.4, -0.2) is 6.54 Å². The lowest BCUT2D eigenvalue weighted by Crippen LogP contribution is -2.23. The van der Waals surface area contributed by atoms with Crippen LogP contribution in [0, 0.1) is 3.57 Å². The predicted molar refractivity (Wildman–Crippen MR) is 88.2 cm³/mol. The van der Waals surface area contributed by atoms with Crippen LogP contribution in [0.25, 0.3) is 0 Å². The summed E-state index contributed by atoms with van der Waals surface area (Å²) in [6, 6.07) is 11.5. The Hall–Kier alpha value is -0.390. The van der Waals surface area contributed by atoms with Crippen molar-refractivity contribution < 1.29 is 0 Å². The lowest BCUT2D eigenvalue weighted by Gasteiger charge is -2.17. The molecule has 0 bridgehead atoms. The second-order valence-corrected chi connectivity index (χ2v) is 6.42. The number of nitrogens with one attached hydrogen (secondary N) is 1. The molecule has 1 aromatic heterocycles. The van der Waals surface area contributed by atoms with Crippen molar-refractivity contribution >= 4 is 33.9 Å². The minimum Gasteiger partial charge on any atom is -0.310 e. The summed E-state index contributed by atoms with van der Waals surface area (Å²) in [6.45, 7) is 3.29. The van der Waals surface area contributed by atoms with Crippen LogP contribution in [0.5, 0.6) is 0 Å². The Labute approximate surface area is 127 Å². The maximum absolute atomic E-state index is 3.64. The summed E-state index contributed by atoms with van der Waals surface area (Å²) in [6.07, 6.45) is 2.24. The van der Waals surface area contributed by atoms with E-state index < -0.39 is 0 Å². The molecule has 0 aliphatic rings. The van der Waals surface area contributed by atoms with E-state index >= 15 is 0 Å². The molecule has 1 nitrogen and oxygen atoms in total. The third kappa shape index (κ3) is 4.07. The summed E-state index contributed by atoms with van der Waals surface area (Å²) in [4.78, 5) is 0. The zero-order valence-corrected chi connectivity index (χ0v) is 13.5. The fraction of sp³-hybridized carbons (Fsp3) is 0.333. The number of rotatable bonds is 6. The highest BCUT2D eigenvalue weighted by atomic mass is 127. The molecule has 1 atom stereocenters. The van der Waals surface area contributed by atoms with E-state index in [1.165, 1.54) is 21.1 Å². The van der Waals surface area contributed by atoms with Crippen molar-refractivity contribution in [3.8, 4) is 0 Å². The molecule has 96 valence electrons. The van der Waals surface area contributed by atoms with Gasteiger partial charge in [0.05, 0.1) is 0 Å². The molecule has 0 saturated carbocycles. The van der Waals surface area contributed by atoms with E-state index in [0.717, 1.165) is 13.0 Å². The molecular weight excluding hydrogens is 353 g/mol. The number of halogens is 1. The first kappa shape index (κ1) is 14.0. The quantitative estimate of drug-likeness (QED) is 0.730. The highest BCUT2D eigenvalue weighted by molar-refractivity contribution is 14.1. The average molecular weight is 371 g/mol. The Morgan fingerprint density at radius 1 is 1.22 bits per heavy atom. The van der Waals surface area contributed by atoms with E-state index in [1.807, 2.05) is 0 Å². The molecule has 0 aliphatic heterocycles. The van der Waals surface area contributed by atoms with Gasteiger partial charge in [-0.1, -0.05) is 19.1 Å². The first-order valence-corrected chi connectivity index (χ1v) is 8.31. The van der Waals surface area contributed by atoms with Crippen LogP contribution in [0.2, 0.25) is 0 Å². The number of hydrogen-bond acceptors (Lipinski definition) is 2. The van der Waals surface area contributed by atoms with Gasteiger partial charge >= 0.3 is 0 Å². The molecule has 0 fully saturated rings. The highest BCUT2D eigenvalue weighted by Crippen LogP contribution is 2.21. The van der Waals surface area contributed by atoms with Crippen molar-refractivity contribution in [2.24, 2.45) is 0 Å². The zero-order chi connectivity index (χ0) is 12.8. The molecule has 0 radical (unpaired) electrons. The Morgan fingerprint density at radius 3 is 2.61 bits per heavy atom. The Kier molecular flexibility index (Phi) is 5.66. The third-order valence-corrected chi connectivity index (χ3v) is 4.36.